The minimum Gasteiger partial charge on any atom is -0.484 e. The number of carbonyl (C=O) groups excluding carboxylic acids is 1. The van der Waals surface area contributed by atoms with E-state index in [4.69, 9.17) is 20.8 Å². The van der Waals surface area contributed by atoms with Gasteiger partial charge in [0.15, 0.2) is 5.76 Å². The van der Waals surface area contributed by atoms with Crippen LogP contribution in [-0.2, 0) is 13.2 Å². The van der Waals surface area contributed by atoms with Crippen LogP contribution in [0.3, 0.4) is 0 Å². The van der Waals surface area contributed by atoms with Gasteiger partial charge in [-0.25, -0.2) is 0 Å². The predicted octanol–water partition coefficient (Wildman–Crippen LogP) is 4.60. The van der Waals surface area contributed by atoms with Crippen LogP contribution in [0.25, 0.3) is 0 Å². The summed E-state index contributed by atoms with van der Waals surface area (Å²) in [4.78, 5) is 12.2. The van der Waals surface area contributed by atoms with E-state index in [9.17, 15) is 4.79 Å². The molecule has 1 N–H and O–H groups in total. The van der Waals surface area contributed by atoms with Crippen LogP contribution in [-0.4, -0.2) is 22.2 Å². The highest BCUT2D eigenvalue weighted by Crippen LogP contribution is 2.24. The molecule has 2 aromatic heterocycles. The largest absolute Gasteiger partial charge is 0.484 e. The molecule has 8 heteroatoms. The minimum absolute atomic E-state index is 0.199. The lowest BCUT2D eigenvalue weighted by molar-refractivity contribution is 0.0921. The summed E-state index contributed by atoms with van der Waals surface area (Å²) in [7, 11) is 0. The third-order valence-electron chi connectivity index (χ3n) is 3.83. The number of para-hydroxylation sites is 1. The van der Waals surface area contributed by atoms with Gasteiger partial charge in [0.25, 0.3) is 5.91 Å². The number of aromatic nitrogens is 2. The first-order chi connectivity index (χ1) is 13.0. The molecule has 0 radical (unpaired) electrons. The molecular weight excluding hydrogens is 434 g/mol. The van der Waals surface area contributed by atoms with Crippen LogP contribution in [0.1, 0.15) is 28.4 Å². The molecule has 3 aromatic rings. The van der Waals surface area contributed by atoms with E-state index in [1.165, 1.54) is 0 Å². The van der Waals surface area contributed by atoms with E-state index >= 15 is 0 Å². The van der Waals surface area contributed by atoms with Crippen molar-refractivity contribution in [3.8, 4) is 5.75 Å². The number of aryl methyl sites for hydroxylation is 2. The Hall–Kier alpha value is -2.25. The van der Waals surface area contributed by atoms with Gasteiger partial charge in [0.1, 0.15) is 18.1 Å². The highest BCUT2D eigenvalue weighted by Gasteiger charge is 2.11. The zero-order valence-corrected chi connectivity index (χ0v) is 17.1. The van der Waals surface area contributed by atoms with Gasteiger partial charge in [-0.15, -0.1) is 0 Å². The van der Waals surface area contributed by atoms with Gasteiger partial charge in [0, 0.05) is 19.3 Å². The zero-order valence-electron chi connectivity index (χ0n) is 14.7. The third kappa shape index (κ3) is 5.37. The summed E-state index contributed by atoms with van der Waals surface area (Å²) < 4.78 is 14.0. The van der Waals surface area contributed by atoms with Crippen LogP contribution in [0.5, 0.6) is 5.75 Å². The molecule has 0 spiro atoms. The Kier molecular flexibility index (Phi) is 6.58. The van der Waals surface area contributed by atoms with E-state index in [2.05, 4.69) is 26.3 Å². The average Bonchev–Trinajstić information content (AvgIpc) is 3.25. The fourth-order valence-corrected chi connectivity index (χ4v) is 2.93. The summed E-state index contributed by atoms with van der Waals surface area (Å²) in [5.41, 5.74) is 0.946. The monoisotopic (exact) mass is 451 g/mol. The number of nitrogens with one attached hydrogen (secondary N) is 1. The van der Waals surface area contributed by atoms with Gasteiger partial charge in [0.05, 0.1) is 15.2 Å². The first-order valence-corrected chi connectivity index (χ1v) is 9.64. The van der Waals surface area contributed by atoms with Gasteiger partial charge in [-0.3, -0.25) is 9.48 Å². The lowest BCUT2D eigenvalue weighted by Crippen LogP contribution is -2.24. The summed E-state index contributed by atoms with van der Waals surface area (Å²) in [5.74, 6) is 1.13. The fourth-order valence-electron chi connectivity index (χ4n) is 2.43. The number of nitrogens with zero attached hydrogens (tertiary/aromatic N) is 2. The molecule has 3 rings (SSSR count). The van der Waals surface area contributed by atoms with Gasteiger partial charge in [-0.1, -0.05) is 23.7 Å². The van der Waals surface area contributed by atoms with Crippen LogP contribution in [0.15, 0.2) is 51.5 Å². The van der Waals surface area contributed by atoms with Crippen LogP contribution >= 0.6 is 27.5 Å². The SMILES string of the molecule is Cc1nn(CCCNC(=O)c2ccc(COc3ccccc3Cl)o2)cc1Br. The molecule has 0 saturated heterocycles. The molecule has 0 atom stereocenters. The van der Waals surface area contributed by atoms with Gasteiger partial charge in [0.2, 0.25) is 0 Å². The molecule has 6 nitrogen and oxygen atoms in total. The van der Waals surface area contributed by atoms with Crippen molar-refractivity contribution < 1.29 is 13.9 Å². The topological polar surface area (TPSA) is 69.3 Å². The van der Waals surface area contributed by atoms with Gasteiger partial charge >= 0.3 is 0 Å². The molecule has 0 aliphatic rings. The summed E-state index contributed by atoms with van der Waals surface area (Å²) in [6.07, 6.45) is 2.69. The van der Waals surface area contributed by atoms with Crippen molar-refractivity contribution in [2.75, 3.05) is 6.54 Å². The predicted molar refractivity (Wildman–Crippen MR) is 106 cm³/mol. The van der Waals surface area contributed by atoms with Crippen molar-refractivity contribution >= 4 is 33.4 Å². The molecule has 0 fully saturated rings. The van der Waals surface area contributed by atoms with E-state index in [-0.39, 0.29) is 18.3 Å². The first kappa shape index (κ1) is 19.5. The Morgan fingerprint density at radius 3 is 2.89 bits per heavy atom. The van der Waals surface area contributed by atoms with Crippen molar-refractivity contribution in [1.82, 2.24) is 15.1 Å². The normalized spacial score (nSPS) is 10.8. The molecule has 0 saturated carbocycles. The fraction of sp³-hybridized carbons (Fsp3) is 0.263. The summed E-state index contributed by atoms with van der Waals surface area (Å²) in [5, 5.41) is 7.72. The van der Waals surface area contributed by atoms with E-state index in [1.54, 1.807) is 24.3 Å². The second-order valence-corrected chi connectivity index (χ2v) is 7.18. The second-order valence-electron chi connectivity index (χ2n) is 5.92. The molecule has 1 amide bonds. The molecule has 27 heavy (non-hydrogen) atoms. The number of amides is 1. The maximum atomic E-state index is 12.2. The van der Waals surface area contributed by atoms with E-state index in [1.807, 2.05) is 29.9 Å². The number of benzene rings is 1. The highest BCUT2D eigenvalue weighted by molar-refractivity contribution is 9.10. The average molecular weight is 453 g/mol. The van der Waals surface area contributed by atoms with Crippen molar-refractivity contribution in [2.24, 2.45) is 0 Å². The van der Waals surface area contributed by atoms with Crippen molar-refractivity contribution in [3.63, 3.8) is 0 Å². The number of halogens is 2. The van der Waals surface area contributed by atoms with Crippen molar-refractivity contribution in [3.05, 3.63) is 69.3 Å². The third-order valence-corrected chi connectivity index (χ3v) is 4.92. The standard InChI is InChI=1S/C19H19BrClN3O3/c1-13-15(20)11-24(23-13)10-4-9-22-19(25)18-8-7-14(27-18)12-26-17-6-3-2-5-16(17)21/h2-3,5-8,11H,4,9-10,12H2,1H3,(H,22,25). The van der Waals surface area contributed by atoms with Crippen LogP contribution in [0.4, 0.5) is 0 Å². The van der Waals surface area contributed by atoms with Crippen LogP contribution < -0.4 is 10.1 Å². The molecule has 1 aromatic carbocycles. The van der Waals surface area contributed by atoms with Crippen LogP contribution in [0, 0.1) is 6.92 Å². The summed E-state index contributed by atoms with van der Waals surface area (Å²) in [6, 6.07) is 10.5. The molecule has 0 aliphatic heterocycles. The molecule has 0 unspecified atom stereocenters. The number of furan rings is 1. The van der Waals surface area contributed by atoms with E-state index in [0.29, 0.717) is 23.1 Å². The molecule has 0 aliphatic carbocycles. The molecular formula is C19H19BrClN3O3. The Bertz CT molecular complexity index is 903. The smallest absolute Gasteiger partial charge is 0.286 e. The van der Waals surface area contributed by atoms with Gasteiger partial charge < -0.3 is 14.5 Å². The molecule has 142 valence electrons. The maximum Gasteiger partial charge on any atom is 0.286 e. The molecule has 2 heterocycles. The van der Waals surface area contributed by atoms with Gasteiger partial charge in [-0.05, 0) is 53.5 Å². The lowest BCUT2D eigenvalue weighted by atomic mass is 10.3. The van der Waals surface area contributed by atoms with E-state index < -0.39 is 0 Å². The molecule has 0 bridgehead atoms. The van der Waals surface area contributed by atoms with E-state index in [0.717, 1.165) is 23.1 Å². The Labute approximate surface area is 170 Å². The number of hydrogen-bond acceptors (Lipinski definition) is 4. The number of ether oxygens (including phenoxy) is 1. The zero-order chi connectivity index (χ0) is 19.2. The second kappa shape index (κ2) is 9.10. The maximum absolute atomic E-state index is 12.2. The van der Waals surface area contributed by atoms with Crippen LogP contribution in [0.2, 0.25) is 5.02 Å². The number of hydrogen-bond donors (Lipinski definition) is 1. The number of rotatable bonds is 8. The van der Waals surface area contributed by atoms with Crippen molar-refractivity contribution in [1.29, 1.82) is 0 Å². The summed E-state index contributed by atoms with van der Waals surface area (Å²) >= 11 is 9.47. The van der Waals surface area contributed by atoms with Gasteiger partial charge in [-0.2, -0.15) is 5.10 Å². The number of carbonyl (C=O) groups is 1. The quantitative estimate of drug-likeness (QED) is 0.507. The minimum atomic E-state index is -0.253. The Morgan fingerprint density at radius 1 is 1.33 bits per heavy atom. The lowest BCUT2D eigenvalue weighted by Gasteiger charge is -2.06. The van der Waals surface area contributed by atoms with Crippen molar-refractivity contribution in [2.45, 2.75) is 26.5 Å². The Balaban J connectivity index is 1.43. The highest BCUT2D eigenvalue weighted by atomic mass is 79.9. The Morgan fingerprint density at radius 2 is 2.15 bits per heavy atom. The summed E-state index contributed by atoms with van der Waals surface area (Å²) in [6.45, 7) is 3.39. The first-order valence-electron chi connectivity index (χ1n) is 8.46.